The largest absolute Gasteiger partial charge is 0.502 e. The first-order chi connectivity index (χ1) is 9.09. The number of nitrogens with zero attached hydrogens (tertiary/aromatic N) is 3. The number of pyridine rings is 1. The summed E-state index contributed by atoms with van der Waals surface area (Å²) < 4.78 is 1.43. The highest BCUT2D eigenvalue weighted by Gasteiger charge is 2.22. The number of anilines is 1. The molecule has 2 aromatic rings. The normalized spacial score (nSPS) is 9.95. The van der Waals surface area contributed by atoms with Crippen LogP contribution >= 0.6 is 0 Å². The number of hydrogen-bond donors (Lipinski definition) is 0. The third-order valence-electron chi connectivity index (χ3n) is 2.67. The maximum absolute atomic E-state index is 12.1. The van der Waals surface area contributed by atoms with Crippen LogP contribution < -0.4 is 9.47 Å². The number of hydrogen-bond acceptors (Lipinski definition) is 3. The first-order valence-electron chi connectivity index (χ1n) is 5.58. The zero-order valence-electron chi connectivity index (χ0n) is 10.3. The standard InChI is InChI=1S/C13H12N3O3/c1-14(13(17)15-9-3-2-4-10-15)11-5-7-12(8-6-11)16(18)19/h2-10H,1H3/q+1. The van der Waals surface area contributed by atoms with Crippen molar-refractivity contribution in [2.75, 3.05) is 11.9 Å². The van der Waals surface area contributed by atoms with Gasteiger partial charge in [-0.05, 0) is 24.3 Å². The summed E-state index contributed by atoms with van der Waals surface area (Å²) in [5.74, 6) is 0. The van der Waals surface area contributed by atoms with E-state index in [1.807, 2.05) is 6.07 Å². The molecule has 6 heteroatoms. The molecule has 0 aliphatic rings. The predicted octanol–water partition coefficient (Wildman–Crippen LogP) is 1.99. The zero-order chi connectivity index (χ0) is 13.8. The van der Waals surface area contributed by atoms with E-state index in [2.05, 4.69) is 0 Å². The molecule has 1 amide bonds. The van der Waals surface area contributed by atoms with Crippen molar-refractivity contribution in [3.8, 4) is 0 Å². The minimum absolute atomic E-state index is 0.00281. The highest BCUT2D eigenvalue weighted by Crippen LogP contribution is 2.18. The van der Waals surface area contributed by atoms with E-state index < -0.39 is 4.92 Å². The second-order valence-corrected chi connectivity index (χ2v) is 3.90. The van der Waals surface area contributed by atoms with Gasteiger partial charge < -0.3 is 0 Å². The fourth-order valence-corrected chi connectivity index (χ4v) is 1.61. The number of carbonyl (C=O) groups is 1. The Morgan fingerprint density at radius 3 is 2.26 bits per heavy atom. The van der Waals surface area contributed by atoms with E-state index in [1.165, 1.54) is 21.6 Å². The molecule has 0 unspecified atom stereocenters. The summed E-state index contributed by atoms with van der Waals surface area (Å²) >= 11 is 0. The third-order valence-corrected chi connectivity index (χ3v) is 2.67. The Morgan fingerprint density at radius 2 is 1.74 bits per heavy atom. The molecule has 1 aromatic heterocycles. The maximum Gasteiger partial charge on any atom is 0.502 e. The van der Waals surface area contributed by atoms with Gasteiger partial charge in [0.15, 0.2) is 0 Å². The summed E-state index contributed by atoms with van der Waals surface area (Å²) in [5.41, 5.74) is 0.587. The van der Waals surface area contributed by atoms with Gasteiger partial charge in [0, 0.05) is 12.1 Å². The lowest BCUT2D eigenvalue weighted by Crippen LogP contribution is -2.50. The van der Waals surface area contributed by atoms with Crippen LogP contribution in [0.4, 0.5) is 16.2 Å². The summed E-state index contributed by atoms with van der Waals surface area (Å²) in [4.78, 5) is 23.6. The molecule has 96 valence electrons. The van der Waals surface area contributed by atoms with Crippen molar-refractivity contribution in [1.82, 2.24) is 0 Å². The van der Waals surface area contributed by atoms with E-state index >= 15 is 0 Å². The van der Waals surface area contributed by atoms with Crippen LogP contribution in [0.15, 0.2) is 54.9 Å². The number of amides is 1. The molecule has 19 heavy (non-hydrogen) atoms. The van der Waals surface area contributed by atoms with Crippen LogP contribution in [0.25, 0.3) is 0 Å². The van der Waals surface area contributed by atoms with Crippen molar-refractivity contribution < 1.29 is 14.3 Å². The lowest BCUT2D eigenvalue weighted by atomic mass is 10.2. The number of rotatable bonds is 2. The van der Waals surface area contributed by atoms with Gasteiger partial charge in [0.2, 0.25) is 0 Å². The number of nitro benzene ring substituents is 1. The Morgan fingerprint density at radius 1 is 1.16 bits per heavy atom. The third kappa shape index (κ3) is 2.74. The number of nitro groups is 1. The Bertz CT molecular complexity index is 596. The molecule has 2 rings (SSSR count). The molecule has 0 saturated carbocycles. The van der Waals surface area contributed by atoms with Gasteiger partial charge in [-0.25, -0.2) is 0 Å². The number of carbonyl (C=O) groups excluding carboxylic acids is 1. The van der Waals surface area contributed by atoms with Crippen LogP contribution in [0.5, 0.6) is 0 Å². The monoisotopic (exact) mass is 258 g/mol. The Kier molecular flexibility index (Phi) is 3.51. The molecular formula is C13H12N3O3+. The second kappa shape index (κ2) is 5.26. The van der Waals surface area contributed by atoms with E-state index in [-0.39, 0.29) is 11.7 Å². The molecular weight excluding hydrogens is 246 g/mol. The molecule has 6 nitrogen and oxygen atoms in total. The van der Waals surface area contributed by atoms with Gasteiger partial charge in [-0.15, -0.1) is 0 Å². The second-order valence-electron chi connectivity index (χ2n) is 3.90. The number of aromatic nitrogens is 1. The fraction of sp³-hybridized carbons (Fsp3) is 0.0769. The maximum atomic E-state index is 12.1. The predicted molar refractivity (Wildman–Crippen MR) is 68.9 cm³/mol. The molecule has 0 atom stereocenters. The van der Waals surface area contributed by atoms with E-state index in [0.29, 0.717) is 5.69 Å². The molecule has 0 saturated heterocycles. The minimum atomic E-state index is -0.475. The quantitative estimate of drug-likeness (QED) is 0.470. The van der Waals surface area contributed by atoms with Crippen molar-refractivity contribution >= 4 is 17.4 Å². The summed E-state index contributed by atoms with van der Waals surface area (Å²) in [6.07, 6.45) is 3.29. The van der Waals surface area contributed by atoms with Crippen molar-refractivity contribution in [3.05, 3.63) is 65.0 Å². The van der Waals surface area contributed by atoms with Crippen LogP contribution in [0.3, 0.4) is 0 Å². The minimum Gasteiger partial charge on any atom is -0.258 e. The van der Waals surface area contributed by atoms with Crippen molar-refractivity contribution in [2.45, 2.75) is 0 Å². The molecule has 0 spiro atoms. The molecule has 0 fully saturated rings. The molecule has 0 N–H and O–H groups in total. The molecule has 1 aromatic carbocycles. The molecule has 0 aliphatic heterocycles. The van der Waals surface area contributed by atoms with Crippen LogP contribution in [-0.4, -0.2) is 18.0 Å². The Hall–Kier alpha value is -2.76. The van der Waals surface area contributed by atoms with E-state index in [4.69, 9.17) is 0 Å². The van der Waals surface area contributed by atoms with Crippen LogP contribution in [0, 0.1) is 10.1 Å². The van der Waals surface area contributed by atoms with Gasteiger partial charge in [-0.2, -0.15) is 14.3 Å². The Balaban J connectivity index is 2.22. The molecule has 0 radical (unpaired) electrons. The smallest absolute Gasteiger partial charge is 0.258 e. The first kappa shape index (κ1) is 12.7. The van der Waals surface area contributed by atoms with Gasteiger partial charge in [-0.3, -0.25) is 10.1 Å². The number of non-ortho nitro benzene ring substituents is 1. The van der Waals surface area contributed by atoms with E-state index in [1.54, 1.807) is 43.7 Å². The van der Waals surface area contributed by atoms with Gasteiger partial charge >= 0.3 is 6.03 Å². The Labute approximate surface area is 109 Å². The summed E-state index contributed by atoms with van der Waals surface area (Å²) in [6.45, 7) is 0. The lowest BCUT2D eigenvalue weighted by molar-refractivity contribution is -0.569. The zero-order valence-corrected chi connectivity index (χ0v) is 10.3. The highest BCUT2D eigenvalue weighted by molar-refractivity contribution is 5.85. The van der Waals surface area contributed by atoms with Gasteiger partial charge in [0.25, 0.3) is 5.69 Å². The molecule has 1 heterocycles. The topological polar surface area (TPSA) is 67.3 Å². The highest BCUT2D eigenvalue weighted by atomic mass is 16.6. The van der Waals surface area contributed by atoms with E-state index in [9.17, 15) is 14.9 Å². The van der Waals surface area contributed by atoms with Gasteiger partial charge in [0.05, 0.1) is 24.4 Å². The molecule has 0 bridgehead atoms. The fourth-order valence-electron chi connectivity index (χ4n) is 1.61. The van der Waals surface area contributed by atoms with Crippen LogP contribution in [0.1, 0.15) is 0 Å². The number of benzene rings is 1. The SMILES string of the molecule is CN(C(=O)[n+]1ccccc1)c1ccc([N+](=O)[O-])cc1. The average molecular weight is 258 g/mol. The first-order valence-corrected chi connectivity index (χ1v) is 5.58. The lowest BCUT2D eigenvalue weighted by Gasteiger charge is -2.08. The average Bonchev–Trinajstić information content (AvgIpc) is 2.46. The summed E-state index contributed by atoms with van der Waals surface area (Å²) in [5, 5.41) is 10.6. The summed E-state index contributed by atoms with van der Waals surface area (Å²) in [6, 6.07) is 10.9. The van der Waals surface area contributed by atoms with Crippen LogP contribution in [-0.2, 0) is 0 Å². The van der Waals surface area contributed by atoms with Crippen molar-refractivity contribution in [1.29, 1.82) is 0 Å². The summed E-state index contributed by atoms with van der Waals surface area (Å²) in [7, 11) is 1.61. The van der Waals surface area contributed by atoms with Crippen LogP contribution in [0.2, 0.25) is 0 Å². The van der Waals surface area contributed by atoms with Crippen molar-refractivity contribution in [2.24, 2.45) is 0 Å². The van der Waals surface area contributed by atoms with Gasteiger partial charge in [0.1, 0.15) is 5.69 Å². The van der Waals surface area contributed by atoms with Gasteiger partial charge in [-0.1, -0.05) is 6.07 Å². The van der Waals surface area contributed by atoms with E-state index in [0.717, 1.165) is 0 Å². The molecule has 0 aliphatic carbocycles. The van der Waals surface area contributed by atoms with Crippen molar-refractivity contribution in [3.63, 3.8) is 0 Å².